The van der Waals surface area contributed by atoms with E-state index in [2.05, 4.69) is 0 Å². The minimum atomic E-state index is -3.62. The van der Waals surface area contributed by atoms with Crippen molar-refractivity contribution in [2.45, 2.75) is 62.7 Å². The molecule has 1 aromatic rings. The smallest absolute Gasteiger partial charge is 0.243 e. The number of aliphatic hydroxyl groups is 1. The molecule has 6 heteroatoms. The van der Waals surface area contributed by atoms with Crippen LogP contribution in [0.3, 0.4) is 0 Å². The molecule has 0 heterocycles. The maximum Gasteiger partial charge on any atom is 0.243 e. The molecule has 1 unspecified atom stereocenters. The van der Waals surface area contributed by atoms with Gasteiger partial charge < -0.3 is 9.84 Å². The molecule has 1 saturated carbocycles. The zero-order valence-corrected chi connectivity index (χ0v) is 14.8. The van der Waals surface area contributed by atoms with Crippen molar-refractivity contribution < 1.29 is 18.3 Å². The van der Waals surface area contributed by atoms with Gasteiger partial charge in [0, 0.05) is 19.7 Å². The number of nitrogens with zero attached hydrogens (tertiary/aromatic N) is 1. The molecule has 0 aliphatic heterocycles. The van der Waals surface area contributed by atoms with Gasteiger partial charge in [0.15, 0.2) is 0 Å². The highest BCUT2D eigenvalue weighted by Gasteiger charge is 2.33. The van der Waals surface area contributed by atoms with Gasteiger partial charge in [-0.1, -0.05) is 31.4 Å². The monoisotopic (exact) mass is 341 g/mol. The molecule has 0 spiro atoms. The molecular weight excluding hydrogens is 314 g/mol. The number of benzene rings is 1. The number of methoxy groups -OCH3 is 1. The lowest BCUT2D eigenvalue weighted by molar-refractivity contribution is 0.136. The Bertz CT molecular complexity index is 594. The van der Waals surface area contributed by atoms with Crippen LogP contribution in [0.2, 0.25) is 0 Å². The molecule has 1 aliphatic rings. The first kappa shape index (κ1) is 18.4. The van der Waals surface area contributed by atoms with Gasteiger partial charge in [-0.2, -0.15) is 4.31 Å². The summed E-state index contributed by atoms with van der Waals surface area (Å²) < 4.78 is 32.8. The van der Waals surface area contributed by atoms with Crippen LogP contribution in [0.15, 0.2) is 29.2 Å². The van der Waals surface area contributed by atoms with Crippen LogP contribution in [-0.4, -0.2) is 43.6 Å². The third-order valence-corrected chi connectivity index (χ3v) is 6.16. The summed E-state index contributed by atoms with van der Waals surface area (Å²) in [5.74, 6) is 0. The van der Waals surface area contributed by atoms with Gasteiger partial charge in [-0.15, -0.1) is 0 Å². The number of aliphatic hydroxyl groups excluding tert-OH is 1. The summed E-state index contributed by atoms with van der Waals surface area (Å²) in [6.07, 6.45) is 4.28. The molecule has 0 bridgehead atoms. The molecule has 1 atom stereocenters. The molecule has 0 saturated heterocycles. The van der Waals surface area contributed by atoms with Gasteiger partial charge in [-0.05, 0) is 37.5 Å². The SMILES string of the molecule is COCc1cccc(S(=O)(=O)N(CC(C)O)C2CCCCC2)c1. The minimum Gasteiger partial charge on any atom is -0.392 e. The number of sulfonamides is 1. The Balaban J connectivity index is 2.32. The molecule has 130 valence electrons. The topological polar surface area (TPSA) is 66.8 Å². The van der Waals surface area contributed by atoms with E-state index in [4.69, 9.17) is 4.74 Å². The standard InChI is InChI=1S/C17H27NO4S/c1-14(19)12-18(16-8-4-3-5-9-16)23(20,21)17-10-6-7-15(11-17)13-22-2/h6-7,10-11,14,16,19H,3-5,8-9,12-13H2,1-2H3. The van der Waals surface area contributed by atoms with Crippen LogP contribution < -0.4 is 0 Å². The maximum absolute atomic E-state index is 13.1. The molecular formula is C17H27NO4S. The highest BCUT2D eigenvalue weighted by molar-refractivity contribution is 7.89. The fourth-order valence-corrected chi connectivity index (χ4v) is 5.01. The van der Waals surface area contributed by atoms with E-state index in [1.165, 1.54) is 4.31 Å². The Morgan fingerprint density at radius 2 is 2.00 bits per heavy atom. The summed E-state index contributed by atoms with van der Waals surface area (Å²) in [6.45, 7) is 2.15. The summed E-state index contributed by atoms with van der Waals surface area (Å²) in [7, 11) is -2.03. The van der Waals surface area contributed by atoms with Crippen LogP contribution in [0, 0.1) is 0 Å². The van der Waals surface area contributed by atoms with Gasteiger partial charge in [-0.25, -0.2) is 8.42 Å². The van der Waals surface area contributed by atoms with E-state index >= 15 is 0 Å². The van der Waals surface area contributed by atoms with Gasteiger partial charge in [-0.3, -0.25) is 0 Å². The molecule has 2 rings (SSSR count). The Morgan fingerprint density at radius 3 is 2.61 bits per heavy atom. The van der Waals surface area contributed by atoms with Gasteiger partial charge in [0.05, 0.1) is 17.6 Å². The Labute approximate surface area is 139 Å². The number of ether oxygens (including phenoxy) is 1. The second-order valence-corrected chi connectivity index (χ2v) is 8.19. The van der Waals surface area contributed by atoms with E-state index in [1.807, 2.05) is 6.07 Å². The van der Waals surface area contributed by atoms with Crippen molar-refractivity contribution in [1.29, 1.82) is 0 Å². The lowest BCUT2D eigenvalue weighted by Crippen LogP contribution is -2.44. The van der Waals surface area contributed by atoms with Crippen LogP contribution in [-0.2, 0) is 21.4 Å². The number of hydrogen-bond donors (Lipinski definition) is 1. The zero-order chi connectivity index (χ0) is 16.9. The average Bonchev–Trinajstić information content (AvgIpc) is 2.54. The molecule has 0 aromatic heterocycles. The van der Waals surface area contributed by atoms with E-state index in [0.717, 1.165) is 37.7 Å². The molecule has 1 aromatic carbocycles. The van der Waals surface area contributed by atoms with Crippen LogP contribution in [0.25, 0.3) is 0 Å². The van der Waals surface area contributed by atoms with Crippen LogP contribution in [0.5, 0.6) is 0 Å². The molecule has 1 fully saturated rings. The number of rotatable bonds is 7. The Morgan fingerprint density at radius 1 is 1.30 bits per heavy atom. The summed E-state index contributed by atoms with van der Waals surface area (Å²) in [6, 6.07) is 6.85. The fraction of sp³-hybridized carbons (Fsp3) is 0.647. The largest absolute Gasteiger partial charge is 0.392 e. The van der Waals surface area contributed by atoms with Crippen molar-refractivity contribution >= 4 is 10.0 Å². The van der Waals surface area contributed by atoms with Crippen LogP contribution in [0.1, 0.15) is 44.6 Å². The normalized spacial score (nSPS) is 18.3. The summed E-state index contributed by atoms with van der Waals surface area (Å²) in [5.41, 5.74) is 0.828. The first-order valence-electron chi connectivity index (χ1n) is 8.23. The van der Waals surface area contributed by atoms with Crippen molar-refractivity contribution in [3.8, 4) is 0 Å². The van der Waals surface area contributed by atoms with E-state index in [1.54, 1.807) is 32.2 Å². The van der Waals surface area contributed by atoms with Gasteiger partial charge in [0.1, 0.15) is 0 Å². The van der Waals surface area contributed by atoms with Crippen molar-refractivity contribution in [2.75, 3.05) is 13.7 Å². The van der Waals surface area contributed by atoms with E-state index in [-0.39, 0.29) is 17.5 Å². The zero-order valence-electron chi connectivity index (χ0n) is 13.9. The van der Waals surface area contributed by atoms with Crippen molar-refractivity contribution in [3.05, 3.63) is 29.8 Å². The number of hydrogen-bond acceptors (Lipinski definition) is 4. The average molecular weight is 341 g/mol. The van der Waals surface area contributed by atoms with Gasteiger partial charge in [0.25, 0.3) is 0 Å². The fourth-order valence-electron chi connectivity index (χ4n) is 3.17. The van der Waals surface area contributed by atoms with Crippen LogP contribution in [0.4, 0.5) is 0 Å². The molecule has 0 radical (unpaired) electrons. The molecule has 23 heavy (non-hydrogen) atoms. The predicted octanol–water partition coefficient (Wildman–Crippen LogP) is 2.54. The third-order valence-electron chi connectivity index (χ3n) is 4.24. The first-order chi connectivity index (χ1) is 10.9. The van der Waals surface area contributed by atoms with Gasteiger partial charge >= 0.3 is 0 Å². The molecule has 0 amide bonds. The maximum atomic E-state index is 13.1. The second kappa shape index (κ2) is 8.24. The van der Waals surface area contributed by atoms with E-state index in [0.29, 0.717) is 6.61 Å². The van der Waals surface area contributed by atoms with Crippen molar-refractivity contribution in [1.82, 2.24) is 4.31 Å². The van der Waals surface area contributed by atoms with Gasteiger partial charge in [0.2, 0.25) is 10.0 Å². The van der Waals surface area contributed by atoms with E-state index < -0.39 is 16.1 Å². The minimum absolute atomic E-state index is 0.0190. The first-order valence-corrected chi connectivity index (χ1v) is 9.67. The van der Waals surface area contributed by atoms with Crippen molar-refractivity contribution in [2.24, 2.45) is 0 Å². The lowest BCUT2D eigenvalue weighted by Gasteiger charge is -2.34. The highest BCUT2D eigenvalue weighted by atomic mass is 32.2. The molecule has 5 nitrogen and oxygen atoms in total. The predicted molar refractivity (Wildman–Crippen MR) is 89.6 cm³/mol. The highest BCUT2D eigenvalue weighted by Crippen LogP contribution is 2.28. The summed E-state index contributed by atoms with van der Waals surface area (Å²) >= 11 is 0. The second-order valence-electron chi connectivity index (χ2n) is 6.30. The third kappa shape index (κ3) is 4.76. The van der Waals surface area contributed by atoms with E-state index in [9.17, 15) is 13.5 Å². The lowest BCUT2D eigenvalue weighted by atomic mass is 9.95. The Hall–Kier alpha value is -0.950. The molecule has 1 aliphatic carbocycles. The summed E-state index contributed by atoms with van der Waals surface area (Å²) in [5, 5.41) is 9.78. The quantitative estimate of drug-likeness (QED) is 0.827. The Kier molecular flexibility index (Phi) is 6.59. The van der Waals surface area contributed by atoms with Crippen LogP contribution >= 0.6 is 0 Å². The summed E-state index contributed by atoms with van der Waals surface area (Å²) in [4.78, 5) is 0.276. The van der Waals surface area contributed by atoms with Crippen molar-refractivity contribution in [3.63, 3.8) is 0 Å². The molecule has 1 N–H and O–H groups in total.